The van der Waals surface area contributed by atoms with Crippen LogP contribution in [0.5, 0.6) is 0 Å². The molecule has 0 spiro atoms. The van der Waals surface area contributed by atoms with Crippen LogP contribution in [0.1, 0.15) is 25.7 Å². The summed E-state index contributed by atoms with van der Waals surface area (Å²) in [6, 6.07) is 8.06. The van der Waals surface area contributed by atoms with Crippen LogP contribution in [0.15, 0.2) is 33.9 Å². The molecule has 0 bridgehead atoms. The van der Waals surface area contributed by atoms with Crippen molar-refractivity contribution in [2.24, 2.45) is 0 Å². The van der Waals surface area contributed by atoms with Gasteiger partial charge in [0.1, 0.15) is 5.52 Å². The van der Waals surface area contributed by atoms with Crippen molar-refractivity contribution in [3.05, 3.63) is 24.3 Å². The summed E-state index contributed by atoms with van der Waals surface area (Å²) < 4.78 is 5.75. The van der Waals surface area contributed by atoms with Crippen molar-refractivity contribution in [1.29, 1.82) is 0 Å². The number of carbonyl (C=O) groups is 1. The Kier molecular flexibility index (Phi) is 6.63. The number of hydrogen-bond acceptors (Lipinski definition) is 6. The zero-order chi connectivity index (χ0) is 18.5. The summed E-state index contributed by atoms with van der Waals surface area (Å²) >= 11 is 3.41. The number of fused-ring (bicyclic) bond motifs is 1. The third-order valence-corrected chi connectivity index (χ3v) is 7.28. The smallest absolute Gasteiger partial charge is 0.257 e. The second kappa shape index (κ2) is 9.34. The van der Waals surface area contributed by atoms with E-state index in [-0.39, 0.29) is 5.91 Å². The van der Waals surface area contributed by atoms with Gasteiger partial charge in [0, 0.05) is 18.8 Å². The fourth-order valence-corrected chi connectivity index (χ4v) is 5.65. The highest BCUT2D eigenvalue weighted by atomic mass is 32.2. The summed E-state index contributed by atoms with van der Waals surface area (Å²) in [6.45, 7) is 4.26. The average molecular weight is 406 g/mol. The number of rotatable bonds is 5. The van der Waals surface area contributed by atoms with E-state index in [0.717, 1.165) is 42.1 Å². The summed E-state index contributed by atoms with van der Waals surface area (Å²) in [6.07, 6.45) is 5.02. The molecule has 0 saturated carbocycles. The van der Waals surface area contributed by atoms with Crippen molar-refractivity contribution in [3.8, 4) is 0 Å². The molecule has 3 heterocycles. The second-order valence-electron chi connectivity index (χ2n) is 7.27. The summed E-state index contributed by atoms with van der Waals surface area (Å²) in [7, 11) is 0. The van der Waals surface area contributed by atoms with Crippen LogP contribution >= 0.6 is 23.5 Å². The van der Waals surface area contributed by atoms with Crippen molar-refractivity contribution in [2.45, 2.75) is 36.9 Å². The van der Waals surface area contributed by atoms with Crippen molar-refractivity contribution in [3.63, 3.8) is 0 Å². The van der Waals surface area contributed by atoms with Gasteiger partial charge in [0.25, 0.3) is 5.22 Å². The van der Waals surface area contributed by atoms with Crippen LogP contribution < -0.4 is 0 Å². The van der Waals surface area contributed by atoms with Gasteiger partial charge < -0.3 is 14.2 Å². The highest BCUT2D eigenvalue weighted by molar-refractivity contribution is 7.99. The number of piperidine rings is 1. The Hall–Kier alpha value is -1.18. The molecule has 1 aromatic heterocycles. The number of amides is 1. The fourth-order valence-electron chi connectivity index (χ4n) is 3.87. The van der Waals surface area contributed by atoms with Crippen molar-refractivity contribution in [2.75, 3.05) is 43.4 Å². The standard InChI is InChI=1S/C20H27N3O2S2/c24-19(15-27-20-21-17-7-2-3-8-18(17)25-20)23-11-6-12-26-14-16(23)13-22-9-4-1-5-10-22/h2-3,7-8,16H,1,4-6,9-15H2. The highest BCUT2D eigenvalue weighted by Crippen LogP contribution is 2.25. The summed E-state index contributed by atoms with van der Waals surface area (Å²) in [5.41, 5.74) is 1.63. The van der Waals surface area contributed by atoms with Gasteiger partial charge in [-0.1, -0.05) is 30.3 Å². The first-order valence-electron chi connectivity index (χ1n) is 9.87. The van der Waals surface area contributed by atoms with Crippen LogP contribution in [0, 0.1) is 0 Å². The minimum atomic E-state index is 0.215. The molecule has 1 aromatic carbocycles. The maximum absolute atomic E-state index is 13.0. The largest absolute Gasteiger partial charge is 0.431 e. The first-order valence-corrected chi connectivity index (χ1v) is 12.0. The van der Waals surface area contributed by atoms with Gasteiger partial charge in [-0.25, -0.2) is 4.98 Å². The first kappa shape index (κ1) is 19.2. The topological polar surface area (TPSA) is 49.6 Å². The van der Waals surface area contributed by atoms with Crippen molar-refractivity contribution >= 4 is 40.5 Å². The van der Waals surface area contributed by atoms with Gasteiger partial charge in [0.2, 0.25) is 5.91 Å². The van der Waals surface area contributed by atoms with Gasteiger partial charge in [-0.05, 0) is 50.2 Å². The summed E-state index contributed by atoms with van der Waals surface area (Å²) in [5, 5.41) is 0.585. The van der Waals surface area contributed by atoms with E-state index in [4.69, 9.17) is 4.42 Å². The molecule has 2 aliphatic rings. The minimum absolute atomic E-state index is 0.215. The van der Waals surface area contributed by atoms with Gasteiger partial charge >= 0.3 is 0 Å². The van der Waals surface area contributed by atoms with E-state index < -0.39 is 0 Å². The van der Waals surface area contributed by atoms with E-state index in [1.807, 2.05) is 36.0 Å². The van der Waals surface area contributed by atoms with Crippen LogP contribution in [-0.4, -0.2) is 70.2 Å². The first-order chi connectivity index (χ1) is 13.3. The van der Waals surface area contributed by atoms with Crippen LogP contribution in [-0.2, 0) is 4.79 Å². The second-order valence-corrected chi connectivity index (χ2v) is 9.34. The van der Waals surface area contributed by atoms with Crippen LogP contribution in [0.4, 0.5) is 0 Å². The molecule has 2 saturated heterocycles. The van der Waals surface area contributed by atoms with E-state index in [2.05, 4.69) is 14.8 Å². The lowest BCUT2D eigenvalue weighted by molar-refractivity contribution is -0.130. The number of likely N-dealkylation sites (tertiary alicyclic amines) is 1. The number of carbonyl (C=O) groups excluding carboxylic acids is 1. The molecule has 2 aliphatic heterocycles. The predicted molar refractivity (Wildman–Crippen MR) is 112 cm³/mol. The Labute approximate surface area is 169 Å². The monoisotopic (exact) mass is 405 g/mol. The van der Waals surface area contributed by atoms with Crippen LogP contribution in [0.25, 0.3) is 11.1 Å². The molecule has 5 nitrogen and oxygen atoms in total. The Morgan fingerprint density at radius 3 is 2.89 bits per heavy atom. The van der Waals surface area contributed by atoms with Gasteiger partial charge in [-0.2, -0.15) is 11.8 Å². The predicted octanol–water partition coefficient (Wildman–Crippen LogP) is 3.74. The summed E-state index contributed by atoms with van der Waals surface area (Å²) in [5.74, 6) is 2.81. The van der Waals surface area contributed by atoms with Gasteiger partial charge in [-0.3, -0.25) is 4.79 Å². The fraction of sp³-hybridized carbons (Fsp3) is 0.600. The summed E-state index contributed by atoms with van der Waals surface area (Å²) in [4.78, 5) is 22.2. The van der Waals surface area contributed by atoms with E-state index in [1.165, 1.54) is 44.1 Å². The third-order valence-electron chi connectivity index (χ3n) is 5.27. The number of nitrogens with zero attached hydrogens (tertiary/aromatic N) is 3. The molecular formula is C20H27N3O2S2. The molecule has 7 heteroatoms. The molecule has 0 aliphatic carbocycles. The Morgan fingerprint density at radius 1 is 1.19 bits per heavy atom. The molecule has 0 radical (unpaired) electrons. The zero-order valence-electron chi connectivity index (χ0n) is 15.6. The molecule has 2 fully saturated rings. The van der Waals surface area contributed by atoms with Crippen LogP contribution in [0.3, 0.4) is 0 Å². The van der Waals surface area contributed by atoms with E-state index in [0.29, 0.717) is 17.0 Å². The van der Waals surface area contributed by atoms with Crippen molar-refractivity contribution in [1.82, 2.24) is 14.8 Å². The number of aromatic nitrogens is 1. The number of hydrogen-bond donors (Lipinski definition) is 0. The quantitative estimate of drug-likeness (QED) is 0.707. The van der Waals surface area contributed by atoms with Gasteiger partial charge in [0.15, 0.2) is 5.58 Å². The molecule has 1 amide bonds. The van der Waals surface area contributed by atoms with E-state index in [9.17, 15) is 4.79 Å². The average Bonchev–Trinajstić information content (AvgIpc) is 2.98. The molecule has 4 rings (SSSR count). The number of benzene rings is 1. The Balaban J connectivity index is 1.37. The highest BCUT2D eigenvalue weighted by Gasteiger charge is 2.28. The molecule has 0 N–H and O–H groups in total. The number of oxazole rings is 1. The molecule has 1 atom stereocenters. The van der Waals surface area contributed by atoms with Gasteiger partial charge in [0.05, 0.1) is 11.8 Å². The SMILES string of the molecule is O=C(CSc1nc2ccccc2o1)N1CCCSCC1CN1CCCCC1. The maximum atomic E-state index is 13.0. The molecule has 27 heavy (non-hydrogen) atoms. The zero-order valence-corrected chi connectivity index (χ0v) is 17.3. The molecular weight excluding hydrogens is 378 g/mol. The molecule has 1 unspecified atom stereocenters. The van der Waals surface area contributed by atoms with E-state index in [1.54, 1.807) is 0 Å². The lowest BCUT2D eigenvalue weighted by Crippen LogP contribution is -2.49. The Morgan fingerprint density at radius 2 is 2.04 bits per heavy atom. The van der Waals surface area contributed by atoms with Crippen molar-refractivity contribution < 1.29 is 9.21 Å². The van der Waals surface area contributed by atoms with Gasteiger partial charge in [-0.15, -0.1) is 0 Å². The lowest BCUT2D eigenvalue weighted by atomic mass is 10.1. The third kappa shape index (κ3) is 5.00. The van der Waals surface area contributed by atoms with Crippen LogP contribution in [0.2, 0.25) is 0 Å². The van der Waals surface area contributed by atoms with E-state index >= 15 is 0 Å². The maximum Gasteiger partial charge on any atom is 0.257 e. The Bertz CT molecular complexity index is 728. The normalized spacial score (nSPS) is 22.1. The lowest BCUT2D eigenvalue weighted by Gasteiger charge is -2.35. The number of thioether (sulfide) groups is 2. The molecule has 146 valence electrons. The minimum Gasteiger partial charge on any atom is -0.431 e. The molecule has 2 aromatic rings. The number of para-hydroxylation sites is 2.